The number of benzene rings is 1. The van der Waals surface area contributed by atoms with Crippen molar-refractivity contribution in [2.45, 2.75) is 39.5 Å². The lowest BCUT2D eigenvalue weighted by atomic mass is 9.85. The summed E-state index contributed by atoms with van der Waals surface area (Å²) in [5, 5.41) is 0. The predicted octanol–water partition coefficient (Wildman–Crippen LogP) is 3.26. The van der Waals surface area contributed by atoms with Crippen LogP contribution < -0.4 is 4.74 Å². The molecule has 3 nitrogen and oxygen atoms in total. The van der Waals surface area contributed by atoms with Crippen LogP contribution >= 0.6 is 0 Å². The third-order valence-corrected chi connectivity index (χ3v) is 4.03. The van der Waals surface area contributed by atoms with Crippen molar-refractivity contribution in [3.63, 3.8) is 0 Å². The monoisotopic (exact) mass is 291 g/mol. The van der Waals surface area contributed by atoms with Gasteiger partial charge >= 0.3 is 0 Å². The van der Waals surface area contributed by atoms with Crippen molar-refractivity contribution >= 4 is 0 Å². The molecular weight excluding hydrogens is 262 g/mol. The quantitative estimate of drug-likeness (QED) is 0.831. The molecule has 118 valence electrons. The number of morpholine rings is 1. The second-order valence-corrected chi connectivity index (χ2v) is 6.74. The van der Waals surface area contributed by atoms with Crippen molar-refractivity contribution in [2.75, 3.05) is 39.5 Å². The van der Waals surface area contributed by atoms with Crippen LogP contribution in [0.3, 0.4) is 0 Å². The van der Waals surface area contributed by atoms with Gasteiger partial charge in [-0.25, -0.2) is 0 Å². The fourth-order valence-corrected chi connectivity index (χ4v) is 2.64. The molecule has 0 atom stereocenters. The molecule has 1 fully saturated rings. The number of aryl methyl sites for hydroxylation is 1. The second-order valence-electron chi connectivity index (χ2n) is 6.74. The lowest BCUT2D eigenvalue weighted by Crippen LogP contribution is -2.38. The zero-order valence-corrected chi connectivity index (χ0v) is 13.9. The van der Waals surface area contributed by atoms with Gasteiger partial charge < -0.3 is 9.47 Å². The maximum atomic E-state index is 6.13. The van der Waals surface area contributed by atoms with Crippen LogP contribution in [0.2, 0.25) is 0 Å². The third kappa shape index (κ3) is 4.72. The summed E-state index contributed by atoms with van der Waals surface area (Å²) >= 11 is 0. The van der Waals surface area contributed by atoms with E-state index in [4.69, 9.17) is 9.47 Å². The predicted molar refractivity (Wildman–Crippen MR) is 87.3 cm³/mol. The van der Waals surface area contributed by atoms with Crippen LogP contribution in [-0.4, -0.2) is 44.4 Å². The van der Waals surface area contributed by atoms with E-state index in [-0.39, 0.29) is 5.41 Å². The molecule has 2 rings (SSSR count). The largest absolute Gasteiger partial charge is 0.492 e. The molecule has 0 bridgehead atoms. The van der Waals surface area contributed by atoms with Gasteiger partial charge in [-0.3, -0.25) is 4.90 Å². The average molecular weight is 291 g/mol. The molecule has 0 spiro atoms. The lowest BCUT2D eigenvalue weighted by Gasteiger charge is -2.27. The summed E-state index contributed by atoms with van der Waals surface area (Å²) in [4.78, 5) is 2.41. The number of rotatable bonds is 5. The summed E-state index contributed by atoms with van der Waals surface area (Å²) in [5.41, 5.74) is 2.74. The maximum Gasteiger partial charge on any atom is 0.123 e. The molecule has 0 aliphatic carbocycles. The Bertz CT molecular complexity index is 445. The summed E-state index contributed by atoms with van der Waals surface area (Å²) < 4.78 is 11.5. The van der Waals surface area contributed by atoms with Crippen molar-refractivity contribution in [2.24, 2.45) is 0 Å². The molecule has 0 radical (unpaired) electrons. The topological polar surface area (TPSA) is 21.7 Å². The molecule has 0 saturated carbocycles. The van der Waals surface area contributed by atoms with Gasteiger partial charge in [0.2, 0.25) is 0 Å². The first-order valence-electron chi connectivity index (χ1n) is 8.07. The molecule has 0 N–H and O–H groups in total. The SMILES string of the molecule is CCc1ccc(C(C)(C)C)c(OCCN2CCOCC2)c1. The van der Waals surface area contributed by atoms with E-state index in [2.05, 4.69) is 50.8 Å². The van der Waals surface area contributed by atoms with Crippen LogP contribution in [0, 0.1) is 0 Å². The molecule has 0 amide bonds. The first kappa shape index (κ1) is 16.3. The van der Waals surface area contributed by atoms with Crippen molar-refractivity contribution < 1.29 is 9.47 Å². The minimum atomic E-state index is 0.112. The highest BCUT2D eigenvalue weighted by atomic mass is 16.5. The normalized spacial score (nSPS) is 17.0. The van der Waals surface area contributed by atoms with Gasteiger partial charge in [0.1, 0.15) is 12.4 Å². The summed E-state index contributed by atoms with van der Waals surface area (Å²) in [6.07, 6.45) is 1.05. The van der Waals surface area contributed by atoms with E-state index < -0.39 is 0 Å². The van der Waals surface area contributed by atoms with Crippen molar-refractivity contribution in [1.29, 1.82) is 0 Å². The van der Waals surface area contributed by atoms with Crippen LogP contribution in [0.1, 0.15) is 38.8 Å². The van der Waals surface area contributed by atoms with Crippen LogP contribution in [-0.2, 0) is 16.6 Å². The minimum Gasteiger partial charge on any atom is -0.492 e. The van der Waals surface area contributed by atoms with Crippen molar-refractivity contribution in [1.82, 2.24) is 4.90 Å². The summed E-state index contributed by atoms with van der Waals surface area (Å²) in [6.45, 7) is 14.4. The summed E-state index contributed by atoms with van der Waals surface area (Å²) in [6, 6.07) is 6.65. The molecular formula is C18H29NO2. The van der Waals surface area contributed by atoms with Gasteiger partial charge in [-0.15, -0.1) is 0 Å². The molecule has 1 aliphatic heterocycles. The Hall–Kier alpha value is -1.06. The van der Waals surface area contributed by atoms with E-state index in [0.29, 0.717) is 0 Å². The Labute approximate surface area is 129 Å². The van der Waals surface area contributed by atoms with E-state index in [0.717, 1.165) is 51.6 Å². The van der Waals surface area contributed by atoms with Gasteiger partial charge in [0, 0.05) is 19.6 Å². The lowest BCUT2D eigenvalue weighted by molar-refractivity contribution is 0.0321. The fraction of sp³-hybridized carbons (Fsp3) is 0.667. The van der Waals surface area contributed by atoms with E-state index >= 15 is 0 Å². The highest BCUT2D eigenvalue weighted by Crippen LogP contribution is 2.32. The van der Waals surface area contributed by atoms with Crippen molar-refractivity contribution in [3.05, 3.63) is 29.3 Å². The summed E-state index contributed by atoms with van der Waals surface area (Å²) in [5.74, 6) is 1.05. The Morgan fingerprint density at radius 3 is 2.52 bits per heavy atom. The first-order valence-corrected chi connectivity index (χ1v) is 8.07. The summed E-state index contributed by atoms with van der Waals surface area (Å²) in [7, 11) is 0. The molecule has 1 aliphatic rings. The van der Waals surface area contributed by atoms with Crippen LogP contribution in [0.15, 0.2) is 18.2 Å². The van der Waals surface area contributed by atoms with Gasteiger partial charge in [-0.2, -0.15) is 0 Å². The highest BCUT2D eigenvalue weighted by molar-refractivity contribution is 5.41. The molecule has 21 heavy (non-hydrogen) atoms. The minimum absolute atomic E-state index is 0.112. The zero-order valence-electron chi connectivity index (χ0n) is 13.9. The number of nitrogens with zero attached hydrogens (tertiary/aromatic N) is 1. The molecule has 1 aromatic carbocycles. The molecule has 0 unspecified atom stereocenters. The first-order chi connectivity index (χ1) is 10.0. The highest BCUT2D eigenvalue weighted by Gasteiger charge is 2.19. The van der Waals surface area contributed by atoms with E-state index in [1.807, 2.05) is 0 Å². The molecule has 3 heteroatoms. The van der Waals surface area contributed by atoms with E-state index in [1.165, 1.54) is 11.1 Å². The number of hydrogen-bond acceptors (Lipinski definition) is 3. The molecule has 1 aromatic rings. The smallest absolute Gasteiger partial charge is 0.123 e. The number of ether oxygens (including phenoxy) is 2. The number of hydrogen-bond donors (Lipinski definition) is 0. The maximum absolute atomic E-state index is 6.13. The van der Waals surface area contributed by atoms with Gasteiger partial charge in [0.15, 0.2) is 0 Å². The van der Waals surface area contributed by atoms with Gasteiger partial charge in [-0.05, 0) is 29.0 Å². The average Bonchev–Trinajstić information content (AvgIpc) is 2.47. The van der Waals surface area contributed by atoms with E-state index in [1.54, 1.807) is 0 Å². The Morgan fingerprint density at radius 2 is 1.90 bits per heavy atom. The fourth-order valence-electron chi connectivity index (χ4n) is 2.64. The molecule has 1 saturated heterocycles. The van der Waals surface area contributed by atoms with Gasteiger partial charge in [0.25, 0.3) is 0 Å². The van der Waals surface area contributed by atoms with Crippen LogP contribution in [0.5, 0.6) is 5.75 Å². The second kappa shape index (κ2) is 7.28. The molecule has 0 aromatic heterocycles. The Morgan fingerprint density at radius 1 is 1.19 bits per heavy atom. The Balaban J connectivity index is 1.99. The molecule has 1 heterocycles. The standard InChI is InChI=1S/C18H29NO2/c1-5-15-6-7-16(18(2,3)4)17(14-15)21-13-10-19-8-11-20-12-9-19/h6-7,14H,5,8-13H2,1-4H3. The van der Waals surface area contributed by atoms with Gasteiger partial charge in [0.05, 0.1) is 13.2 Å². The van der Waals surface area contributed by atoms with Crippen LogP contribution in [0.25, 0.3) is 0 Å². The van der Waals surface area contributed by atoms with Crippen molar-refractivity contribution in [3.8, 4) is 5.75 Å². The third-order valence-electron chi connectivity index (χ3n) is 4.03. The van der Waals surface area contributed by atoms with Crippen LogP contribution in [0.4, 0.5) is 0 Å². The van der Waals surface area contributed by atoms with E-state index in [9.17, 15) is 0 Å². The van der Waals surface area contributed by atoms with Gasteiger partial charge in [-0.1, -0.05) is 39.8 Å². The Kier molecular flexibility index (Phi) is 5.65. The zero-order chi connectivity index (χ0) is 15.3.